The summed E-state index contributed by atoms with van der Waals surface area (Å²) in [5.41, 5.74) is 4.22. The summed E-state index contributed by atoms with van der Waals surface area (Å²) in [5, 5.41) is 7.09. The van der Waals surface area contributed by atoms with Gasteiger partial charge in [0.15, 0.2) is 0 Å². The number of nitrogens with zero attached hydrogens (tertiary/aromatic N) is 1. The zero-order chi connectivity index (χ0) is 16.7. The summed E-state index contributed by atoms with van der Waals surface area (Å²) < 4.78 is 0. The van der Waals surface area contributed by atoms with Gasteiger partial charge < -0.3 is 5.32 Å². The minimum Gasteiger partial charge on any atom is -0.325 e. The van der Waals surface area contributed by atoms with Crippen LogP contribution in [-0.2, 0) is 4.79 Å². The van der Waals surface area contributed by atoms with Crippen molar-refractivity contribution in [3.05, 3.63) is 64.7 Å². The zero-order valence-electron chi connectivity index (χ0n) is 11.9. The summed E-state index contributed by atoms with van der Waals surface area (Å²) in [6.45, 7) is 0. The lowest BCUT2D eigenvalue weighted by molar-refractivity contribution is -0.113. The summed E-state index contributed by atoms with van der Waals surface area (Å²) in [7, 11) is 0. The van der Waals surface area contributed by atoms with Gasteiger partial charge in [0.25, 0.3) is 5.91 Å². The number of rotatable bonds is 5. The molecule has 0 aliphatic carbocycles. The minimum absolute atomic E-state index is 0.123. The number of alkyl halides is 1. The van der Waals surface area contributed by atoms with E-state index in [4.69, 9.17) is 23.2 Å². The van der Waals surface area contributed by atoms with Crippen molar-refractivity contribution in [3.63, 3.8) is 0 Å². The number of carbonyl (C=O) groups is 2. The van der Waals surface area contributed by atoms with Crippen molar-refractivity contribution in [2.45, 2.75) is 0 Å². The molecule has 0 aromatic heterocycles. The van der Waals surface area contributed by atoms with Gasteiger partial charge in [0.2, 0.25) is 5.91 Å². The van der Waals surface area contributed by atoms with E-state index in [0.717, 1.165) is 5.56 Å². The maximum Gasteiger partial charge on any atom is 0.271 e. The van der Waals surface area contributed by atoms with Crippen molar-refractivity contribution in [2.75, 3.05) is 11.2 Å². The second-order valence-corrected chi connectivity index (χ2v) is 5.21. The molecule has 0 fully saturated rings. The molecule has 2 aromatic carbocycles. The average molecular weight is 350 g/mol. The van der Waals surface area contributed by atoms with Gasteiger partial charge in [-0.25, -0.2) is 5.43 Å². The molecule has 0 unspecified atom stereocenters. The summed E-state index contributed by atoms with van der Waals surface area (Å²) >= 11 is 11.2. The largest absolute Gasteiger partial charge is 0.325 e. The van der Waals surface area contributed by atoms with Crippen LogP contribution in [0.4, 0.5) is 5.69 Å². The molecule has 0 bridgehead atoms. The Bertz CT molecular complexity index is 713. The molecule has 2 amide bonds. The first-order valence-corrected chi connectivity index (χ1v) is 7.54. The molecule has 2 N–H and O–H groups in total. The van der Waals surface area contributed by atoms with E-state index in [9.17, 15) is 9.59 Å². The van der Waals surface area contributed by atoms with Crippen LogP contribution >= 0.6 is 23.2 Å². The molecular formula is C16H13Cl2N3O2. The van der Waals surface area contributed by atoms with Crippen molar-refractivity contribution >= 4 is 46.9 Å². The first-order valence-electron chi connectivity index (χ1n) is 6.63. The molecule has 0 heterocycles. The monoisotopic (exact) mass is 349 g/mol. The Kier molecular flexibility index (Phi) is 6.14. The van der Waals surface area contributed by atoms with Gasteiger partial charge in [-0.3, -0.25) is 9.59 Å². The fraction of sp³-hybridized carbons (Fsp3) is 0.0625. The molecule has 7 heteroatoms. The first kappa shape index (κ1) is 17.0. The quantitative estimate of drug-likeness (QED) is 0.494. The molecule has 0 aliphatic heterocycles. The van der Waals surface area contributed by atoms with E-state index in [2.05, 4.69) is 15.8 Å². The van der Waals surface area contributed by atoms with Crippen molar-refractivity contribution < 1.29 is 9.59 Å². The zero-order valence-corrected chi connectivity index (χ0v) is 13.4. The molecule has 0 saturated heterocycles. The van der Waals surface area contributed by atoms with Crippen molar-refractivity contribution in [1.82, 2.24) is 5.43 Å². The Morgan fingerprint density at radius 3 is 2.30 bits per heavy atom. The molecular weight excluding hydrogens is 337 g/mol. The molecule has 0 aliphatic rings. The topological polar surface area (TPSA) is 70.6 Å². The van der Waals surface area contributed by atoms with Crippen LogP contribution in [0, 0.1) is 0 Å². The number of halogens is 2. The third-order valence-corrected chi connectivity index (χ3v) is 3.30. The van der Waals surface area contributed by atoms with Gasteiger partial charge in [0.05, 0.1) is 6.21 Å². The number of hydrazone groups is 1. The molecule has 0 radical (unpaired) electrons. The lowest BCUT2D eigenvalue weighted by atomic mass is 10.2. The Labute approximate surface area is 143 Å². The van der Waals surface area contributed by atoms with Crippen LogP contribution in [0.5, 0.6) is 0 Å². The first-order chi connectivity index (χ1) is 11.1. The number of amides is 2. The predicted octanol–water partition coefficient (Wildman–Crippen LogP) is 3.28. The van der Waals surface area contributed by atoms with Gasteiger partial charge in [0.1, 0.15) is 5.88 Å². The van der Waals surface area contributed by atoms with E-state index < -0.39 is 0 Å². The second-order valence-electron chi connectivity index (χ2n) is 4.51. The van der Waals surface area contributed by atoms with Crippen LogP contribution < -0.4 is 10.7 Å². The second kappa shape index (κ2) is 8.31. The number of carbonyl (C=O) groups excluding carboxylic acids is 2. The van der Waals surface area contributed by atoms with Crippen molar-refractivity contribution in [2.24, 2.45) is 5.10 Å². The molecule has 0 spiro atoms. The number of nitrogens with one attached hydrogen (secondary N) is 2. The van der Waals surface area contributed by atoms with Crippen LogP contribution in [-0.4, -0.2) is 23.9 Å². The molecule has 2 rings (SSSR count). The third-order valence-electron chi connectivity index (χ3n) is 2.80. The van der Waals surface area contributed by atoms with Gasteiger partial charge >= 0.3 is 0 Å². The van der Waals surface area contributed by atoms with Crippen LogP contribution in [0.3, 0.4) is 0 Å². The molecule has 0 saturated carbocycles. The Morgan fingerprint density at radius 2 is 1.70 bits per heavy atom. The van der Waals surface area contributed by atoms with Gasteiger partial charge in [-0.15, -0.1) is 11.6 Å². The van der Waals surface area contributed by atoms with Gasteiger partial charge in [-0.2, -0.15) is 5.10 Å². The van der Waals surface area contributed by atoms with E-state index in [1.807, 2.05) is 0 Å². The lowest BCUT2D eigenvalue weighted by Gasteiger charge is -2.04. The molecule has 0 atom stereocenters. The third kappa shape index (κ3) is 5.39. The highest BCUT2D eigenvalue weighted by molar-refractivity contribution is 6.30. The van der Waals surface area contributed by atoms with Crippen LogP contribution in [0.25, 0.3) is 0 Å². The van der Waals surface area contributed by atoms with Gasteiger partial charge in [0, 0.05) is 16.3 Å². The summed E-state index contributed by atoms with van der Waals surface area (Å²) in [4.78, 5) is 23.1. The normalized spacial score (nSPS) is 10.5. The average Bonchev–Trinajstić information content (AvgIpc) is 2.57. The fourth-order valence-corrected chi connectivity index (χ4v) is 1.87. The van der Waals surface area contributed by atoms with E-state index in [-0.39, 0.29) is 17.7 Å². The summed E-state index contributed by atoms with van der Waals surface area (Å²) in [5.74, 6) is -0.788. The van der Waals surface area contributed by atoms with E-state index in [0.29, 0.717) is 16.3 Å². The summed E-state index contributed by atoms with van der Waals surface area (Å²) in [6, 6.07) is 13.4. The maximum absolute atomic E-state index is 11.9. The van der Waals surface area contributed by atoms with E-state index in [1.165, 1.54) is 6.21 Å². The minimum atomic E-state index is -0.356. The highest BCUT2D eigenvalue weighted by Crippen LogP contribution is 2.10. The van der Waals surface area contributed by atoms with Crippen molar-refractivity contribution in [3.8, 4) is 0 Å². The smallest absolute Gasteiger partial charge is 0.271 e. The van der Waals surface area contributed by atoms with Crippen molar-refractivity contribution in [1.29, 1.82) is 0 Å². The molecule has 5 nitrogen and oxygen atoms in total. The predicted molar refractivity (Wildman–Crippen MR) is 92.3 cm³/mol. The maximum atomic E-state index is 11.9. The Morgan fingerprint density at radius 1 is 1.04 bits per heavy atom. The number of hydrogen-bond acceptors (Lipinski definition) is 3. The van der Waals surface area contributed by atoms with E-state index >= 15 is 0 Å². The highest BCUT2D eigenvalue weighted by atomic mass is 35.5. The SMILES string of the molecule is O=C(CCl)Nc1ccc(C(=O)NN=Cc2ccc(Cl)cc2)cc1. The van der Waals surface area contributed by atoms with Crippen LogP contribution in [0.1, 0.15) is 15.9 Å². The summed E-state index contributed by atoms with van der Waals surface area (Å²) in [6.07, 6.45) is 1.52. The molecule has 118 valence electrons. The highest BCUT2D eigenvalue weighted by Gasteiger charge is 2.05. The van der Waals surface area contributed by atoms with Gasteiger partial charge in [-0.05, 0) is 42.0 Å². The lowest BCUT2D eigenvalue weighted by Crippen LogP contribution is -2.18. The standard InChI is InChI=1S/C16H13Cl2N3O2/c17-9-15(22)20-14-7-3-12(4-8-14)16(23)21-19-10-11-1-5-13(18)6-2-11/h1-8,10H,9H2,(H,20,22)(H,21,23). The number of hydrogen-bond donors (Lipinski definition) is 2. The Balaban J connectivity index is 1.92. The fourth-order valence-electron chi connectivity index (χ4n) is 1.68. The number of anilines is 1. The van der Waals surface area contributed by atoms with Crippen LogP contribution in [0.2, 0.25) is 5.02 Å². The molecule has 23 heavy (non-hydrogen) atoms. The molecule has 2 aromatic rings. The van der Waals surface area contributed by atoms with Gasteiger partial charge in [-0.1, -0.05) is 23.7 Å². The Hall–Kier alpha value is -2.37. The van der Waals surface area contributed by atoms with Crippen LogP contribution in [0.15, 0.2) is 53.6 Å². The van der Waals surface area contributed by atoms with E-state index in [1.54, 1.807) is 48.5 Å². The number of benzene rings is 2.